The van der Waals surface area contributed by atoms with Crippen molar-refractivity contribution < 1.29 is 4.74 Å². The van der Waals surface area contributed by atoms with Gasteiger partial charge in [0.15, 0.2) is 0 Å². The zero-order chi connectivity index (χ0) is 12.8. The van der Waals surface area contributed by atoms with Gasteiger partial charge in [0.05, 0.1) is 6.61 Å². The molecule has 1 rings (SSSR count). The Hall–Kier alpha value is -1.02. The summed E-state index contributed by atoms with van der Waals surface area (Å²) in [6, 6.07) is 8.52. The summed E-state index contributed by atoms with van der Waals surface area (Å²) in [6.45, 7) is 9.38. The van der Waals surface area contributed by atoms with Crippen LogP contribution >= 0.6 is 0 Å². The minimum Gasteiger partial charge on any atom is -0.493 e. The average Bonchev–Trinajstić information content (AvgIpc) is 2.28. The van der Waals surface area contributed by atoms with Crippen LogP contribution in [0.15, 0.2) is 24.3 Å². The summed E-state index contributed by atoms with van der Waals surface area (Å²) in [5.41, 5.74) is 7.33. The molecule has 0 spiro atoms. The Kier molecular flexibility index (Phi) is 5.49. The molecule has 0 aromatic heterocycles. The second-order valence-corrected chi connectivity index (χ2v) is 5.46. The molecule has 0 aliphatic heterocycles. The highest BCUT2D eigenvalue weighted by atomic mass is 16.5. The van der Waals surface area contributed by atoms with Gasteiger partial charge in [0, 0.05) is 6.04 Å². The lowest BCUT2D eigenvalue weighted by molar-refractivity contribution is 0.271. The molecule has 1 aromatic rings. The van der Waals surface area contributed by atoms with Crippen LogP contribution in [0.5, 0.6) is 5.75 Å². The Morgan fingerprint density at radius 1 is 1.06 bits per heavy atom. The summed E-state index contributed by atoms with van der Waals surface area (Å²) in [7, 11) is 0. The zero-order valence-electron chi connectivity index (χ0n) is 11.4. The monoisotopic (exact) mass is 235 g/mol. The van der Waals surface area contributed by atoms with Gasteiger partial charge in [-0.1, -0.05) is 39.8 Å². The number of hydrogen-bond acceptors (Lipinski definition) is 2. The second-order valence-electron chi connectivity index (χ2n) is 5.46. The predicted molar refractivity (Wildman–Crippen MR) is 73.3 cm³/mol. The quantitative estimate of drug-likeness (QED) is 0.821. The normalized spacial score (nSPS) is 13.1. The van der Waals surface area contributed by atoms with E-state index in [0.717, 1.165) is 18.8 Å². The van der Waals surface area contributed by atoms with E-state index < -0.39 is 0 Å². The van der Waals surface area contributed by atoms with Crippen molar-refractivity contribution in [3.63, 3.8) is 0 Å². The molecule has 0 saturated heterocycles. The van der Waals surface area contributed by atoms with Crippen molar-refractivity contribution in [3.8, 4) is 5.75 Å². The van der Waals surface area contributed by atoms with E-state index in [2.05, 4.69) is 39.8 Å². The van der Waals surface area contributed by atoms with Crippen LogP contribution < -0.4 is 10.5 Å². The molecule has 0 bridgehead atoms. The van der Waals surface area contributed by atoms with E-state index in [1.807, 2.05) is 12.1 Å². The van der Waals surface area contributed by atoms with Crippen LogP contribution in [0.25, 0.3) is 0 Å². The van der Waals surface area contributed by atoms with Gasteiger partial charge in [-0.05, 0) is 36.0 Å². The summed E-state index contributed by atoms with van der Waals surface area (Å²) in [6.07, 6.45) is 0.933. The lowest BCUT2D eigenvalue weighted by Crippen LogP contribution is -2.28. The topological polar surface area (TPSA) is 35.2 Å². The third kappa shape index (κ3) is 5.22. The first-order valence-corrected chi connectivity index (χ1v) is 6.46. The molecule has 1 unspecified atom stereocenters. The number of benzene rings is 1. The first-order valence-electron chi connectivity index (χ1n) is 6.46. The Morgan fingerprint density at radius 2 is 1.65 bits per heavy atom. The minimum absolute atomic E-state index is 0.234. The molecule has 96 valence electrons. The molecule has 0 aliphatic rings. The van der Waals surface area contributed by atoms with Gasteiger partial charge in [-0.2, -0.15) is 0 Å². The molecule has 2 nitrogen and oxygen atoms in total. The third-order valence-electron chi connectivity index (χ3n) is 2.83. The fourth-order valence-corrected chi connectivity index (χ4v) is 1.49. The maximum absolute atomic E-state index is 6.05. The van der Waals surface area contributed by atoms with Crippen LogP contribution in [0.3, 0.4) is 0 Å². The Bertz CT molecular complexity index is 316. The van der Waals surface area contributed by atoms with Crippen LogP contribution in [0.4, 0.5) is 0 Å². The van der Waals surface area contributed by atoms with Gasteiger partial charge in [0.1, 0.15) is 5.75 Å². The summed E-state index contributed by atoms with van der Waals surface area (Å²) in [5, 5.41) is 0. The molecule has 2 heteroatoms. The number of rotatable bonds is 6. The average molecular weight is 235 g/mol. The van der Waals surface area contributed by atoms with Crippen molar-refractivity contribution in [2.24, 2.45) is 17.6 Å². The van der Waals surface area contributed by atoms with Gasteiger partial charge in [0.25, 0.3) is 0 Å². The molecule has 0 heterocycles. The van der Waals surface area contributed by atoms with Crippen LogP contribution in [0, 0.1) is 11.8 Å². The second kappa shape index (κ2) is 6.65. The van der Waals surface area contributed by atoms with Crippen LogP contribution in [0.2, 0.25) is 0 Å². The van der Waals surface area contributed by atoms with Gasteiger partial charge >= 0.3 is 0 Å². The smallest absolute Gasteiger partial charge is 0.119 e. The first kappa shape index (κ1) is 14.0. The summed E-state index contributed by atoms with van der Waals surface area (Å²) >= 11 is 0. The van der Waals surface area contributed by atoms with Gasteiger partial charge in [0.2, 0.25) is 0 Å². The fraction of sp³-hybridized carbons (Fsp3) is 0.600. The summed E-state index contributed by atoms with van der Waals surface area (Å²) in [4.78, 5) is 0. The van der Waals surface area contributed by atoms with E-state index in [9.17, 15) is 0 Å². The lowest BCUT2D eigenvalue weighted by Gasteiger charge is -2.15. The van der Waals surface area contributed by atoms with E-state index >= 15 is 0 Å². The Balaban J connectivity index is 2.50. The van der Waals surface area contributed by atoms with E-state index in [1.165, 1.54) is 5.56 Å². The molecular formula is C15H25NO. The van der Waals surface area contributed by atoms with Crippen molar-refractivity contribution in [1.82, 2.24) is 0 Å². The van der Waals surface area contributed by atoms with E-state index in [1.54, 1.807) is 0 Å². The maximum Gasteiger partial charge on any atom is 0.119 e. The molecular weight excluding hydrogens is 210 g/mol. The first-order chi connectivity index (χ1) is 7.99. The van der Waals surface area contributed by atoms with E-state index in [-0.39, 0.29) is 6.04 Å². The largest absolute Gasteiger partial charge is 0.493 e. The molecule has 1 atom stereocenters. The van der Waals surface area contributed by atoms with Crippen molar-refractivity contribution in [2.45, 2.75) is 40.2 Å². The molecule has 1 aromatic carbocycles. The highest BCUT2D eigenvalue weighted by Crippen LogP contribution is 2.15. The fourth-order valence-electron chi connectivity index (χ4n) is 1.49. The van der Waals surface area contributed by atoms with Crippen molar-refractivity contribution in [2.75, 3.05) is 6.61 Å². The van der Waals surface area contributed by atoms with Gasteiger partial charge < -0.3 is 10.5 Å². The maximum atomic E-state index is 6.05. The van der Waals surface area contributed by atoms with E-state index in [4.69, 9.17) is 10.5 Å². The van der Waals surface area contributed by atoms with Crippen molar-refractivity contribution >= 4 is 0 Å². The van der Waals surface area contributed by atoms with Gasteiger partial charge in [-0.15, -0.1) is 0 Å². The zero-order valence-corrected chi connectivity index (χ0v) is 11.4. The van der Waals surface area contributed by atoms with E-state index in [0.29, 0.717) is 11.8 Å². The SMILES string of the molecule is CC(C)COc1ccc(CC(N)C(C)C)cc1. The molecule has 2 N–H and O–H groups in total. The van der Waals surface area contributed by atoms with Crippen LogP contribution in [0.1, 0.15) is 33.3 Å². The molecule has 0 fully saturated rings. The lowest BCUT2D eigenvalue weighted by atomic mass is 9.97. The molecule has 17 heavy (non-hydrogen) atoms. The predicted octanol–water partition coefficient (Wildman–Crippen LogP) is 3.25. The molecule has 0 radical (unpaired) electrons. The standard InChI is InChI=1S/C15H25NO/c1-11(2)10-17-14-7-5-13(6-8-14)9-15(16)12(3)4/h5-8,11-12,15H,9-10,16H2,1-4H3. The van der Waals surface area contributed by atoms with Crippen molar-refractivity contribution in [3.05, 3.63) is 29.8 Å². The molecule has 0 amide bonds. The third-order valence-corrected chi connectivity index (χ3v) is 2.83. The summed E-state index contributed by atoms with van der Waals surface area (Å²) in [5.74, 6) is 2.02. The molecule has 0 saturated carbocycles. The molecule has 0 aliphatic carbocycles. The van der Waals surface area contributed by atoms with Crippen LogP contribution in [-0.2, 0) is 6.42 Å². The number of ether oxygens (including phenoxy) is 1. The van der Waals surface area contributed by atoms with Crippen LogP contribution in [-0.4, -0.2) is 12.6 Å². The highest BCUT2D eigenvalue weighted by molar-refractivity contribution is 5.27. The number of nitrogens with two attached hydrogens (primary N) is 1. The minimum atomic E-state index is 0.234. The Labute approximate surface area is 105 Å². The number of hydrogen-bond donors (Lipinski definition) is 1. The van der Waals surface area contributed by atoms with Gasteiger partial charge in [-0.3, -0.25) is 0 Å². The van der Waals surface area contributed by atoms with Gasteiger partial charge in [-0.25, -0.2) is 0 Å². The van der Waals surface area contributed by atoms with Crippen molar-refractivity contribution in [1.29, 1.82) is 0 Å². The summed E-state index contributed by atoms with van der Waals surface area (Å²) < 4.78 is 5.64. The highest BCUT2D eigenvalue weighted by Gasteiger charge is 2.08. The Morgan fingerprint density at radius 3 is 2.12 bits per heavy atom.